The third-order valence-corrected chi connectivity index (χ3v) is 4.72. The molecule has 3 N–H and O–H groups in total. The predicted octanol–water partition coefficient (Wildman–Crippen LogP) is 5.60. The molecule has 1 aromatic rings. The minimum atomic E-state index is -0.347. The molecule has 0 bridgehead atoms. The van der Waals surface area contributed by atoms with Crippen LogP contribution in [0.4, 0.5) is 0 Å². The van der Waals surface area contributed by atoms with Crippen molar-refractivity contribution < 1.29 is 14.7 Å². The first kappa shape index (κ1) is 27.0. The predicted molar refractivity (Wildman–Crippen MR) is 133 cm³/mol. The number of phenolic OH excluding ortho intramolecular Hbond substituents is 1. The van der Waals surface area contributed by atoms with Gasteiger partial charge in [0.25, 0.3) is 5.91 Å². The molecule has 5 heteroatoms. The Morgan fingerprint density at radius 2 is 1.44 bits per heavy atom. The maximum atomic E-state index is 11.9. The standard InChI is InChI=1S/C27H38N2O3/c1-2-3-4-5-6-7-8-9-10-11-12-13-14-15-16-21-26(31)28-22-23-29-27(32)24-19-17-18-20-25(24)30/h3-10,17-20,30H,2,11-16,21-23H2,1H3,(H,28,31)(H,29,32)/b4-3-,6-5+,8-7+,10-9-. The van der Waals surface area contributed by atoms with E-state index in [-0.39, 0.29) is 23.1 Å². The Kier molecular flexibility index (Phi) is 15.7. The van der Waals surface area contributed by atoms with E-state index in [9.17, 15) is 14.7 Å². The summed E-state index contributed by atoms with van der Waals surface area (Å²) >= 11 is 0. The van der Waals surface area contributed by atoms with Crippen LogP contribution in [0.25, 0.3) is 0 Å². The number of hydrogen-bond acceptors (Lipinski definition) is 3. The molecule has 5 nitrogen and oxygen atoms in total. The molecule has 0 aliphatic carbocycles. The summed E-state index contributed by atoms with van der Waals surface area (Å²) in [6.07, 6.45) is 24.7. The molecule has 1 rings (SSSR count). The number of aromatic hydroxyl groups is 1. The highest BCUT2D eigenvalue weighted by Gasteiger charge is 2.09. The average molecular weight is 439 g/mol. The molecular weight excluding hydrogens is 400 g/mol. The van der Waals surface area contributed by atoms with Gasteiger partial charge in [-0.25, -0.2) is 0 Å². The number of allylic oxidation sites excluding steroid dienone is 8. The maximum absolute atomic E-state index is 11.9. The Bertz CT molecular complexity index is 779. The number of para-hydroxylation sites is 1. The van der Waals surface area contributed by atoms with Gasteiger partial charge in [0.15, 0.2) is 0 Å². The van der Waals surface area contributed by atoms with Crippen molar-refractivity contribution in [3.8, 4) is 5.75 Å². The number of carbonyl (C=O) groups is 2. The lowest BCUT2D eigenvalue weighted by Crippen LogP contribution is -2.34. The lowest BCUT2D eigenvalue weighted by atomic mass is 10.1. The summed E-state index contributed by atoms with van der Waals surface area (Å²) in [6.45, 7) is 2.82. The van der Waals surface area contributed by atoms with Crippen LogP contribution < -0.4 is 10.6 Å². The fourth-order valence-electron chi connectivity index (χ4n) is 2.95. The normalized spacial score (nSPS) is 11.8. The van der Waals surface area contributed by atoms with Crippen LogP contribution in [0.15, 0.2) is 72.9 Å². The first-order valence-electron chi connectivity index (χ1n) is 11.6. The summed E-state index contributed by atoms with van der Waals surface area (Å²) in [5.74, 6) is -0.388. The summed E-state index contributed by atoms with van der Waals surface area (Å²) in [4.78, 5) is 23.8. The molecule has 174 valence electrons. The quantitative estimate of drug-likeness (QED) is 0.232. The van der Waals surface area contributed by atoms with Crippen molar-refractivity contribution in [2.75, 3.05) is 13.1 Å². The first-order valence-corrected chi connectivity index (χ1v) is 11.6. The molecule has 0 aromatic heterocycles. The van der Waals surface area contributed by atoms with Crippen LogP contribution in [0.3, 0.4) is 0 Å². The van der Waals surface area contributed by atoms with Gasteiger partial charge in [0.2, 0.25) is 5.91 Å². The van der Waals surface area contributed by atoms with Crippen LogP contribution in [0.2, 0.25) is 0 Å². The third kappa shape index (κ3) is 14.0. The number of carbonyl (C=O) groups excluding carboxylic acids is 2. The van der Waals surface area contributed by atoms with E-state index in [0.717, 1.165) is 32.1 Å². The highest BCUT2D eigenvalue weighted by Crippen LogP contribution is 2.14. The van der Waals surface area contributed by atoms with Crippen LogP contribution in [0.1, 0.15) is 68.6 Å². The number of unbranched alkanes of at least 4 members (excludes halogenated alkanes) is 5. The van der Waals surface area contributed by atoms with Gasteiger partial charge in [0.05, 0.1) is 5.56 Å². The van der Waals surface area contributed by atoms with Gasteiger partial charge in [0.1, 0.15) is 5.75 Å². The molecule has 0 atom stereocenters. The second-order valence-corrected chi connectivity index (χ2v) is 7.46. The molecule has 0 unspecified atom stereocenters. The molecule has 0 fully saturated rings. The van der Waals surface area contributed by atoms with Gasteiger partial charge in [-0.2, -0.15) is 0 Å². The Labute approximate surface area is 193 Å². The zero-order valence-corrected chi connectivity index (χ0v) is 19.3. The molecule has 0 aliphatic heterocycles. The minimum Gasteiger partial charge on any atom is -0.507 e. The Morgan fingerprint density at radius 1 is 0.812 bits per heavy atom. The van der Waals surface area contributed by atoms with E-state index in [1.54, 1.807) is 18.2 Å². The topological polar surface area (TPSA) is 78.4 Å². The fraction of sp³-hybridized carbons (Fsp3) is 0.407. The summed E-state index contributed by atoms with van der Waals surface area (Å²) in [5, 5.41) is 15.1. The van der Waals surface area contributed by atoms with Crippen molar-refractivity contribution in [1.82, 2.24) is 10.6 Å². The number of phenols is 1. The van der Waals surface area contributed by atoms with Gasteiger partial charge in [-0.05, 0) is 37.8 Å². The summed E-state index contributed by atoms with van der Waals surface area (Å²) < 4.78 is 0. The lowest BCUT2D eigenvalue weighted by molar-refractivity contribution is -0.121. The Hall–Kier alpha value is -3.08. The summed E-state index contributed by atoms with van der Waals surface area (Å²) in [6, 6.07) is 6.38. The second kappa shape index (κ2) is 18.7. The molecule has 0 saturated heterocycles. The molecule has 0 spiro atoms. The number of amides is 2. The van der Waals surface area contributed by atoms with Gasteiger partial charge < -0.3 is 15.7 Å². The van der Waals surface area contributed by atoms with Crippen molar-refractivity contribution in [2.45, 2.75) is 58.3 Å². The van der Waals surface area contributed by atoms with Gasteiger partial charge >= 0.3 is 0 Å². The largest absolute Gasteiger partial charge is 0.507 e. The average Bonchev–Trinajstić information content (AvgIpc) is 2.79. The van der Waals surface area contributed by atoms with Gasteiger partial charge in [-0.15, -0.1) is 0 Å². The zero-order chi connectivity index (χ0) is 23.3. The van der Waals surface area contributed by atoms with E-state index in [2.05, 4.69) is 41.9 Å². The van der Waals surface area contributed by atoms with E-state index < -0.39 is 0 Å². The minimum absolute atomic E-state index is 0.00996. The third-order valence-electron chi connectivity index (χ3n) is 4.72. The number of nitrogens with one attached hydrogen (secondary N) is 2. The van der Waals surface area contributed by atoms with E-state index in [1.807, 2.05) is 24.3 Å². The van der Waals surface area contributed by atoms with Crippen molar-refractivity contribution in [3.63, 3.8) is 0 Å². The van der Waals surface area contributed by atoms with E-state index in [4.69, 9.17) is 0 Å². The second-order valence-electron chi connectivity index (χ2n) is 7.46. The SMILES string of the molecule is CC\C=C/C=C/C=C/C=C\CCCCCCCC(=O)NCCNC(=O)c1ccccc1O. The smallest absolute Gasteiger partial charge is 0.255 e. The van der Waals surface area contributed by atoms with Gasteiger partial charge in [0, 0.05) is 19.5 Å². The van der Waals surface area contributed by atoms with Crippen LogP contribution >= 0.6 is 0 Å². The van der Waals surface area contributed by atoms with Crippen molar-refractivity contribution in [1.29, 1.82) is 0 Å². The maximum Gasteiger partial charge on any atom is 0.255 e. The van der Waals surface area contributed by atoms with Crippen molar-refractivity contribution >= 4 is 11.8 Å². The highest BCUT2D eigenvalue weighted by molar-refractivity contribution is 5.96. The van der Waals surface area contributed by atoms with E-state index in [0.29, 0.717) is 19.5 Å². The number of rotatable bonds is 16. The highest BCUT2D eigenvalue weighted by atomic mass is 16.3. The van der Waals surface area contributed by atoms with Gasteiger partial charge in [-0.1, -0.05) is 86.9 Å². The molecule has 0 aliphatic rings. The van der Waals surface area contributed by atoms with Crippen LogP contribution in [0, 0.1) is 0 Å². The molecule has 0 saturated carbocycles. The van der Waals surface area contributed by atoms with Crippen LogP contribution in [0.5, 0.6) is 5.75 Å². The first-order chi connectivity index (χ1) is 15.6. The molecule has 0 radical (unpaired) electrons. The van der Waals surface area contributed by atoms with Crippen LogP contribution in [-0.2, 0) is 4.79 Å². The van der Waals surface area contributed by atoms with E-state index >= 15 is 0 Å². The van der Waals surface area contributed by atoms with Crippen molar-refractivity contribution in [2.24, 2.45) is 0 Å². The zero-order valence-electron chi connectivity index (χ0n) is 19.3. The fourth-order valence-corrected chi connectivity index (χ4v) is 2.95. The summed E-state index contributed by atoms with van der Waals surface area (Å²) in [5.41, 5.74) is 0.235. The monoisotopic (exact) mass is 438 g/mol. The molecule has 0 heterocycles. The summed E-state index contributed by atoms with van der Waals surface area (Å²) in [7, 11) is 0. The molecule has 2 amide bonds. The van der Waals surface area contributed by atoms with Gasteiger partial charge in [-0.3, -0.25) is 9.59 Å². The molecular formula is C27H38N2O3. The molecule has 1 aromatic carbocycles. The van der Waals surface area contributed by atoms with Crippen LogP contribution in [-0.4, -0.2) is 30.0 Å². The molecule has 32 heavy (non-hydrogen) atoms. The number of hydrogen-bond donors (Lipinski definition) is 3. The Balaban J connectivity index is 1.95. The van der Waals surface area contributed by atoms with E-state index in [1.165, 1.54) is 18.9 Å². The lowest BCUT2D eigenvalue weighted by Gasteiger charge is -2.08. The van der Waals surface area contributed by atoms with Crippen molar-refractivity contribution in [3.05, 3.63) is 78.4 Å². The number of benzene rings is 1. The Morgan fingerprint density at radius 3 is 2.19 bits per heavy atom.